The van der Waals surface area contributed by atoms with Gasteiger partial charge in [0.1, 0.15) is 5.82 Å². The number of benzene rings is 1. The van der Waals surface area contributed by atoms with Crippen molar-refractivity contribution in [3.63, 3.8) is 0 Å². The number of guanidine groups is 1. The number of piperidine rings is 1. The van der Waals surface area contributed by atoms with Gasteiger partial charge < -0.3 is 27.8 Å². The van der Waals surface area contributed by atoms with Crippen molar-refractivity contribution in [3.05, 3.63) is 63.4 Å². The zero-order valence-corrected chi connectivity index (χ0v) is 19.1. The number of halogens is 1. The molecule has 0 radical (unpaired) electrons. The molecule has 4 rings (SSSR count). The number of hydrogen-bond acceptors (Lipinski definition) is 6. The van der Waals surface area contributed by atoms with E-state index in [0.717, 1.165) is 37.2 Å². The molecule has 2 aromatic rings. The first-order valence-electron chi connectivity index (χ1n) is 10.3. The minimum Gasteiger partial charge on any atom is -0.392 e. The van der Waals surface area contributed by atoms with E-state index in [4.69, 9.17) is 34.5 Å². The number of aromatic nitrogens is 1. The summed E-state index contributed by atoms with van der Waals surface area (Å²) in [5, 5.41) is 0.846. The lowest BCUT2D eigenvalue weighted by Gasteiger charge is -2.42. The molecule has 1 fully saturated rings. The second kappa shape index (κ2) is 8.61. The molecular weight excluding hydrogens is 430 g/mol. The predicted molar refractivity (Wildman–Crippen MR) is 128 cm³/mol. The number of hydrogen-bond donors (Lipinski definition) is 4. The molecule has 1 unspecified atom stereocenters. The summed E-state index contributed by atoms with van der Waals surface area (Å²) in [6, 6.07) is 8.48. The van der Waals surface area contributed by atoms with E-state index in [0.29, 0.717) is 16.0 Å². The molecule has 9 heteroatoms. The summed E-state index contributed by atoms with van der Waals surface area (Å²) in [5.41, 5.74) is 28.8. The normalized spacial score (nSPS) is 20.9. The van der Waals surface area contributed by atoms with Gasteiger partial charge in [0.2, 0.25) is 0 Å². The highest BCUT2D eigenvalue weighted by molar-refractivity contribution is 8.03. The molecule has 164 valence electrons. The summed E-state index contributed by atoms with van der Waals surface area (Å²) in [7, 11) is 0. The average molecular weight is 458 g/mol. The minimum absolute atomic E-state index is 0.0761. The second-order valence-electron chi connectivity index (χ2n) is 8.34. The van der Waals surface area contributed by atoms with Gasteiger partial charge in [-0.15, -0.1) is 0 Å². The van der Waals surface area contributed by atoms with Crippen LogP contribution in [0, 0.1) is 12.3 Å². The third-order valence-corrected chi connectivity index (χ3v) is 7.77. The lowest BCUT2D eigenvalue weighted by molar-refractivity contribution is 0.127. The van der Waals surface area contributed by atoms with Gasteiger partial charge >= 0.3 is 0 Å². The molecule has 8 N–H and O–H groups in total. The van der Waals surface area contributed by atoms with Crippen molar-refractivity contribution in [1.82, 2.24) is 9.88 Å². The lowest BCUT2D eigenvalue weighted by atomic mass is 9.73. The molecule has 0 bridgehead atoms. The maximum Gasteiger partial charge on any atom is 0.195 e. The van der Waals surface area contributed by atoms with E-state index in [2.05, 4.69) is 40.0 Å². The number of anilines is 1. The summed E-state index contributed by atoms with van der Waals surface area (Å²) < 4.78 is 0. The molecule has 7 nitrogen and oxygen atoms in total. The quantitative estimate of drug-likeness (QED) is 0.316. The van der Waals surface area contributed by atoms with E-state index >= 15 is 0 Å². The fraction of sp³-hybridized carbons (Fsp3) is 0.364. The van der Waals surface area contributed by atoms with E-state index < -0.39 is 0 Å². The highest BCUT2D eigenvalue weighted by Gasteiger charge is 2.46. The number of nitrogens with two attached hydrogens (primary N) is 4. The fourth-order valence-corrected chi connectivity index (χ4v) is 5.45. The van der Waals surface area contributed by atoms with Crippen molar-refractivity contribution in [1.29, 1.82) is 0 Å². The standard InChI is InChI=1S/C22H28ClN7S/c1-13-2-3-14-11-22(19(25)15(14)10-13)5-8-30(9-6-22)21(27)29-12-17(24)31-16-4-7-28-20(26)18(16)23/h2-4,7,10,12,19H,5-6,8-9,11,24-25H2,1H3,(H2,26,28)(H2,27,29)/b17-12+. The van der Waals surface area contributed by atoms with Gasteiger partial charge in [-0.25, -0.2) is 9.98 Å². The van der Waals surface area contributed by atoms with Gasteiger partial charge in [-0.2, -0.15) is 0 Å². The molecule has 1 aromatic heterocycles. The molecule has 1 spiro atoms. The van der Waals surface area contributed by atoms with E-state index in [1.807, 2.05) is 0 Å². The first kappa shape index (κ1) is 21.8. The Hall–Kier alpha value is -2.42. The molecule has 1 aliphatic heterocycles. The Morgan fingerprint density at radius 1 is 1.29 bits per heavy atom. The summed E-state index contributed by atoms with van der Waals surface area (Å²) in [6.07, 6.45) is 6.15. The summed E-state index contributed by atoms with van der Waals surface area (Å²) >= 11 is 7.44. The van der Waals surface area contributed by atoms with Crippen molar-refractivity contribution in [2.24, 2.45) is 27.6 Å². The lowest BCUT2D eigenvalue weighted by Crippen LogP contribution is -2.48. The Balaban J connectivity index is 1.39. The molecule has 0 amide bonds. The number of likely N-dealkylation sites (tertiary alicyclic amines) is 1. The molecule has 1 aromatic carbocycles. The van der Waals surface area contributed by atoms with Crippen LogP contribution in [0.3, 0.4) is 0 Å². The molecule has 0 saturated carbocycles. The predicted octanol–water partition coefficient (Wildman–Crippen LogP) is 3.13. The van der Waals surface area contributed by atoms with Crippen LogP contribution >= 0.6 is 23.4 Å². The van der Waals surface area contributed by atoms with Crippen LogP contribution in [0.15, 0.2) is 51.6 Å². The minimum atomic E-state index is 0.0761. The third-order valence-electron chi connectivity index (χ3n) is 6.35. The summed E-state index contributed by atoms with van der Waals surface area (Å²) in [6.45, 7) is 3.76. The molecule has 1 saturated heterocycles. The van der Waals surface area contributed by atoms with Crippen LogP contribution in [0.1, 0.15) is 35.6 Å². The number of rotatable bonds is 3. The van der Waals surface area contributed by atoms with Crippen LogP contribution in [0.2, 0.25) is 5.02 Å². The van der Waals surface area contributed by atoms with Crippen molar-refractivity contribution in [2.75, 3.05) is 18.8 Å². The van der Waals surface area contributed by atoms with Crippen LogP contribution in [0.4, 0.5) is 5.82 Å². The zero-order chi connectivity index (χ0) is 22.2. The number of thioether (sulfide) groups is 1. The molecule has 1 aliphatic carbocycles. The summed E-state index contributed by atoms with van der Waals surface area (Å²) in [4.78, 5) is 11.1. The highest BCUT2D eigenvalue weighted by atomic mass is 35.5. The Kier molecular flexibility index (Phi) is 6.05. The number of aryl methyl sites for hydroxylation is 1. The molecule has 2 aliphatic rings. The Labute approximate surface area is 191 Å². The summed E-state index contributed by atoms with van der Waals surface area (Å²) in [5.74, 6) is 0.728. The van der Waals surface area contributed by atoms with Gasteiger partial charge in [0.15, 0.2) is 5.96 Å². The van der Waals surface area contributed by atoms with Crippen molar-refractivity contribution < 1.29 is 0 Å². The van der Waals surface area contributed by atoms with E-state index in [1.165, 1.54) is 28.5 Å². The van der Waals surface area contributed by atoms with Crippen molar-refractivity contribution in [2.45, 2.75) is 37.1 Å². The number of fused-ring (bicyclic) bond motifs is 1. The fourth-order valence-electron chi connectivity index (χ4n) is 4.54. The van der Waals surface area contributed by atoms with Crippen LogP contribution in [0.25, 0.3) is 0 Å². The monoisotopic (exact) mass is 457 g/mol. The highest BCUT2D eigenvalue weighted by Crippen LogP contribution is 2.50. The largest absolute Gasteiger partial charge is 0.392 e. The second-order valence-corrected chi connectivity index (χ2v) is 9.83. The zero-order valence-electron chi connectivity index (χ0n) is 17.5. The van der Waals surface area contributed by atoms with Crippen LogP contribution in [0.5, 0.6) is 0 Å². The number of nitrogens with zero attached hydrogens (tertiary/aromatic N) is 3. The number of aliphatic imine (C=N–C) groups is 1. The van der Waals surface area contributed by atoms with Crippen molar-refractivity contribution >= 4 is 35.1 Å². The number of nitrogen functional groups attached to an aromatic ring is 1. The average Bonchev–Trinajstić information content (AvgIpc) is 3.01. The molecule has 1 atom stereocenters. The molecule has 31 heavy (non-hydrogen) atoms. The first-order chi connectivity index (χ1) is 14.8. The third kappa shape index (κ3) is 4.33. The Bertz CT molecular complexity index is 1040. The van der Waals surface area contributed by atoms with E-state index in [-0.39, 0.29) is 17.3 Å². The van der Waals surface area contributed by atoms with Gasteiger partial charge in [-0.3, -0.25) is 0 Å². The Morgan fingerprint density at radius 3 is 2.77 bits per heavy atom. The van der Waals surface area contributed by atoms with E-state index in [1.54, 1.807) is 18.5 Å². The maximum atomic E-state index is 6.71. The van der Waals surface area contributed by atoms with Gasteiger partial charge in [0.25, 0.3) is 0 Å². The van der Waals surface area contributed by atoms with Crippen LogP contribution in [-0.4, -0.2) is 28.9 Å². The SMILES string of the molecule is Cc1ccc2c(c1)C(N)C1(CCN(C(N)=N/C=C(\N)Sc3ccnc(N)c3Cl)CC1)C2. The smallest absolute Gasteiger partial charge is 0.195 e. The molecular formula is C22H28ClN7S. The van der Waals surface area contributed by atoms with Gasteiger partial charge in [-0.05, 0) is 48.8 Å². The van der Waals surface area contributed by atoms with Gasteiger partial charge in [-0.1, -0.05) is 47.1 Å². The van der Waals surface area contributed by atoms with Crippen LogP contribution in [-0.2, 0) is 6.42 Å². The first-order valence-corrected chi connectivity index (χ1v) is 11.5. The Morgan fingerprint density at radius 2 is 2.03 bits per heavy atom. The maximum absolute atomic E-state index is 6.71. The van der Waals surface area contributed by atoms with Gasteiger partial charge in [0.05, 0.1) is 16.3 Å². The van der Waals surface area contributed by atoms with Crippen LogP contribution < -0.4 is 22.9 Å². The molecule has 2 heterocycles. The van der Waals surface area contributed by atoms with Crippen molar-refractivity contribution in [3.8, 4) is 0 Å². The topological polar surface area (TPSA) is 133 Å². The van der Waals surface area contributed by atoms with E-state index in [9.17, 15) is 0 Å². The van der Waals surface area contributed by atoms with Gasteiger partial charge in [0, 0.05) is 30.2 Å². The number of pyridine rings is 1.